The molecule has 2 heterocycles. The van der Waals surface area contributed by atoms with Crippen LogP contribution >= 0.6 is 0 Å². The number of carbonyl (C=O) groups is 1. The number of nitrogens with zero attached hydrogens (tertiary/aromatic N) is 3. The number of aromatic nitrogens is 2. The van der Waals surface area contributed by atoms with E-state index in [4.69, 9.17) is 0 Å². The predicted octanol–water partition coefficient (Wildman–Crippen LogP) is 2.50. The van der Waals surface area contributed by atoms with Gasteiger partial charge in [0.1, 0.15) is 0 Å². The van der Waals surface area contributed by atoms with Crippen LogP contribution in [0.15, 0.2) is 36.8 Å². The average molecular weight is 322 g/mol. The highest BCUT2D eigenvalue weighted by Crippen LogP contribution is 2.39. The van der Waals surface area contributed by atoms with E-state index in [0.717, 1.165) is 6.07 Å². The summed E-state index contributed by atoms with van der Waals surface area (Å²) in [5, 5.41) is 2.57. The Balaban J connectivity index is 1.75. The molecular formula is C15H13F3N4O. The zero-order valence-electron chi connectivity index (χ0n) is 12.0. The van der Waals surface area contributed by atoms with Crippen LogP contribution in [0.1, 0.15) is 11.1 Å². The molecule has 0 saturated heterocycles. The number of hydrogen-bond donors (Lipinski definition) is 1. The minimum atomic E-state index is -4.39. The summed E-state index contributed by atoms with van der Waals surface area (Å²) in [7, 11) is 0. The first-order valence-corrected chi connectivity index (χ1v) is 6.95. The lowest BCUT2D eigenvalue weighted by atomic mass is 10.0. The van der Waals surface area contributed by atoms with Crippen molar-refractivity contribution in [2.75, 3.05) is 23.3 Å². The van der Waals surface area contributed by atoms with Gasteiger partial charge in [0, 0.05) is 24.6 Å². The molecule has 5 nitrogen and oxygen atoms in total. The lowest BCUT2D eigenvalue weighted by molar-refractivity contribution is -0.138. The van der Waals surface area contributed by atoms with E-state index in [1.54, 1.807) is 11.0 Å². The Hall–Kier alpha value is -2.64. The van der Waals surface area contributed by atoms with Crippen molar-refractivity contribution in [2.24, 2.45) is 0 Å². The molecule has 1 aromatic heterocycles. The van der Waals surface area contributed by atoms with Crippen molar-refractivity contribution < 1.29 is 18.0 Å². The summed E-state index contributed by atoms with van der Waals surface area (Å²) in [5.74, 6) is -0.0447. The first-order chi connectivity index (χ1) is 10.9. The maximum absolute atomic E-state index is 13.0. The van der Waals surface area contributed by atoms with E-state index in [-0.39, 0.29) is 24.4 Å². The molecule has 0 radical (unpaired) electrons. The zero-order chi connectivity index (χ0) is 16.4. The molecule has 3 rings (SSSR count). The summed E-state index contributed by atoms with van der Waals surface area (Å²) in [6.45, 7) is 0.335. The molecule has 0 spiro atoms. The van der Waals surface area contributed by atoms with Crippen LogP contribution in [0.5, 0.6) is 0 Å². The lowest BCUT2D eigenvalue weighted by Crippen LogP contribution is -2.32. The van der Waals surface area contributed by atoms with E-state index >= 15 is 0 Å². The van der Waals surface area contributed by atoms with Crippen LogP contribution in [0, 0.1) is 0 Å². The number of nitrogens with one attached hydrogen (secondary N) is 1. The topological polar surface area (TPSA) is 58.1 Å². The molecule has 0 bridgehead atoms. The molecule has 120 valence electrons. The molecule has 0 saturated carbocycles. The van der Waals surface area contributed by atoms with Gasteiger partial charge in [-0.1, -0.05) is 6.07 Å². The highest BCUT2D eigenvalue weighted by Gasteiger charge is 2.36. The number of fused-ring (bicyclic) bond motifs is 1. The van der Waals surface area contributed by atoms with Crippen LogP contribution < -0.4 is 10.2 Å². The minimum absolute atomic E-state index is 0.0368. The monoisotopic (exact) mass is 322 g/mol. The Morgan fingerprint density at radius 1 is 1.30 bits per heavy atom. The minimum Gasteiger partial charge on any atom is -0.362 e. The molecule has 0 fully saturated rings. The molecule has 2 aromatic rings. The summed E-state index contributed by atoms with van der Waals surface area (Å²) in [4.78, 5) is 21.4. The number of benzene rings is 1. The summed E-state index contributed by atoms with van der Waals surface area (Å²) < 4.78 is 39.0. The number of anilines is 2. The first kappa shape index (κ1) is 15.3. The second kappa shape index (κ2) is 5.86. The lowest BCUT2D eigenvalue weighted by Gasteiger charge is -2.19. The summed E-state index contributed by atoms with van der Waals surface area (Å²) in [6, 6.07) is 4.04. The summed E-state index contributed by atoms with van der Waals surface area (Å²) >= 11 is 0. The second-order valence-corrected chi connectivity index (χ2v) is 5.11. The second-order valence-electron chi connectivity index (χ2n) is 5.11. The standard InChI is InChI=1S/C15H13F3N4O/c16-15(17,18)11-2-1-3-12-10(11)4-7-22(12)9-14(23)21-13-8-19-5-6-20-13/h1-3,5-6,8H,4,7,9H2,(H,20,21,23). The Labute approximate surface area is 130 Å². The number of amides is 1. The quantitative estimate of drug-likeness (QED) is 0.943. The van der Waals surface area contributed by atoms with Gasteiger partial charge in [-0.05, 0) is 24.1 Å². The first-order valence-electron chi connectivity index (χ1n) is 6.95. The molecular weight excluding hydrogens is 309 g/mol. The van der Waals surface area contributed by atoms with E-state index in [1.807, 2.05) is 0 Å². The van der Waals surface area contributed by atoms with Crippen molar-refractivity contribution in [3.63, 3.8) is 0 Å². The fraction of sp³-hybridized carbons (Fsp3) is 0.267. The number of alkyl halides is 3. The van der Waals surface area contributed by atoms with Crippen molar-refractivity contribution in [1.82, 2.24) is 9.97 Å². The maximum atomic E-state index is 13.0. The van der Waals surface area contributed by atoms with E-state index in [2.05, 4.69) is 15.3 Å². The third-order valence-corrected chi connectivity index (χ3v) is 3.59. The van der Waals surface area contributed by atoms with Gasteiger partial charge < -0.3 is 10.2 Å². The van der Waals surface area contributed by atoms with Gasteiger partial charge in [0.2, 0.25) is 5.91 Å². The number of rotatable bonds is 3. The predicted molar refractivity (Wildman–Crippen MR) is 78.0 cm³/mol. The van der Waals surface area contributed by atoms with Crippen LogP contribution in [0.3, 0.4) is 0 Å². The molecule has 0 aliphatic carbocycles. The van der Waals surface area contributed by atoms with Crippen LogP contribution in [0.2, 0.25) is 0 Å². The molecule has 0 atom stereocenters. The third-order valence-electron chi connectivity index (χ3n) is 3.59. The fourth-order valence-corrected chi connectivity index (χ4v) is 2.65. The molecule has 1 aliphatic heterocycles. The molecule has 0 unspecified atom stereocenters. The van der Waals surface area contributed by atoms with Gasteiger partial charge in [0.05, 0.1) is 18.3 Å². The molecule has 1 amide bonds. The van der Waals surface area contributed by atoms with Gasteiger partial charge in [0.25, 0.3) is 0 Å². The van der Waals surface area contributed by atoms with Crippen molar-refractivity contribution in [3.8, 4) is 0 Å². The highest BCUT2D eigenvalue weighted by molar-refractivity contribution is 5.93. The van der Waals surface area contributed by atoms with Gasteiger partial charge in [-0.25, -0.2) is 4.98 Å². The van der Waals surface area contributed by atoms with Gasteiger partial charge >= 0.3 is 6.18 Å². The molecule has 1 aromatic carbocycles. The Morgan fingerprint density at radius 2 is 2.13 bits per heavy atom. The van der Waals surface area contributed by atoms with Gasteiger partial charge in [-0.2, -0.15) is 13.2 Å². The van der Waals surface area contributed by atoms with E-state index < -0.39 is 11.7 Å². The Kier molecular flexibility index (Phi) is 3.89. The van der Waals surface area contributed by atoms with Crippen molar-refractivity contribution in [3.05, 3.63) is 47.9 Å². The zero-order valence-corrected chi connectivity index (χ0v) is 12.0. The Bertz CT molecular complexity index is 718. The van der Waals surface area contributed by atoms with Crippen LogP contribution in [-0.4, -0.2) is 29.0 Å². The third kappa shape index (κ3) is 3.25. The van der Waals surface area contributed by atoms with Crippen molar-refractivity contribution in [1.29, 1.82) is 0 Å². The number of carbonyl (C=O) groups excluding carboxylic acids is 1. The normalized spacial score (nSPS) is 13.8. The smallest absolute Gasteiger partial charge is 0.362 e. The Morgan fingerprint density at radius 3 is 2.83 bits per heavy atom. The largest absolute Gasteiger partial charge is 0.416 e. The van der Waals surface area contributed by atoms with Crippen LogP contribution in [-0.2, 0) is 17.4 Å². The van der Waals surface area contributed by atoms with Gasteiger partial charge in [-0.15, -0.1) is 0 Å². The van der Waals surface area contributed by atoms with Crippen molar-refractivity contribution >= 4 is 17.4 Å². The molecule has 1 aliphatic rings. The van der Waals surface area contributed by atoms with Gasteiger partial charge in [-0.3, -0.25) is 9.78 Å². The summed E-state index contributed by atoms with van der Waals surface area (Å²) in [6.07, 6.45) is 0.200. The SMILES string of the molecule is O=C(CN1CCc2c1cccc2C(F)(F)F)Nc1cnccn1. The van der Waals surface area contributed by atoms with Crippen molar-refractivity contribution in [2.45, 2.75) is 12.6 Å². The average Bonchev–Trinajstić information content (AvgIpc) is 2.90. The fourth-order valence-electron chi connectivity index (χ4n) is 2.65. The molecule has 8 heteroatoms. The van der Waals surface area contributed by atoms with E-state index in [9.17, 15) is 18.0 Å². The number of hydrogen-bond acceptors (Lipinski definition) is 4. The number of halogens is 3. The molecule has 23 heavy (non-hydrogen) atoms. The highest BCUT2D eigenvalue weighted by atomic mass is 19.4. The van der Waals surface area contributed by atoms with E-state index in [1.165, 1.54) is 24.7 Å². The summed E-state index contributed by atoms with van der Waals surface area (Å²) in [5.41, 5.74) is 0.0632. The van der Waals surface area contributed by atoms with E-state index in [0.29, 0.717) is 18.1 Å². The van der Waals surface area contributed by atoms with Gasteiger partial charge in [0.15, 0.2) is 5.82 Å². The van der Waals surface area contributed by atoms with Crippen LogP contribution in [0.25, 0.3) is 0 Å². The maximum Gasteiger partial charge on any atom is 0.416 e. The molecule has 1 N–H and O–H groups in total. The van der Waals surface area contributed by atoms with Crippen LogP contribution in [0.4, 0.5) is 24.7 Å².